The molecule has 4 fully saturated rings. The number of aliphatic hydroxyl groups is 2. The molecule has 3 heteroatoms. The maximum Gasteiger partial charge on any atom is 0.0579 e. The fraction of sp³-hybridized carbons (Fsp3) is 0.926. The summed E-state index contributed by atoms with van der Waals surface area (Å²) in [5.41, 5.74) is 2.12. The van der Waals surface area contributed by atoms with E-state index in [0.717, 1.165) is 50.0 Å². The van der Waals surface area contributed by atoms with Crippen molar-refractivity contribution < 1.29 is 10.2 Å². The molecule has 11 atom stereocenters. The van der Waals surface area contributed by atoms with Crippen molar-refractivity contribution in [3.63, 3.8) is 0 Å². The molecule has 0 bridgehead atoms. The van der Waals surface area contributed by atoms with Gasteiger partial charge < -0.3 is 15.5 Å². The Balaban J connectivity index is 1.39. The minimum atomic E-state index is -0.138. The molecule has 0 aromatic rings. The highest BCUT2D eigenvalue weighted by molar-refractivity contribution is 5.25. The predicted octanol–water partition coefficient (Wildman–Crippen LogP) is 4.92. The van der Waals surface area contributed by atoms with Crippen LogP contribution in [0.4, 0.5) is 0 Å². The number of rotatable bonds is 2. The Morgan fingerprint density at radius 1 is 1.07 bits per heavy atom. The average Bonchev–Trinajstić information content (AvgIpc) is 2.98. The van der Waals surface area contributed by atoms with E-state index >= 15 is 0 Å². The molecule has 5 aliphatic rings. The van der Waals surface area contributed by atoms with Gasteiger partial charge in [-0.3, -0.25) is 0 Å². The number of hydrogen-bond acceptors (Lipinski definition) is 3. The molecular formula is C27H45NO2. The van der Waals surface area contributed by atoms with Crippen molar-refractivity contribution in [3.8, 4) is 0 Å². The Bertz CT molecular complexity index is 682. The molecule has 1 aliphatic heterocycles. The van der Waals surface area contributed by atoms with Crippen LogP contribution in [0.2, 0.25) is 0 Å². The molecule has 1 heterocycles. The summed E-state index contributed by atoms with van der Waals surface area (Å²) in [6.45, 7) is 11.0. The summed E-state index contributed by atoms with van der Waals surface area (Å²) in [5, 5.41) is 25.5. The first-order valence-electron chi connectivity index (χ1n) is 13.0. The van der Waals surface area contributed by atoms with Crippen LogP contribution in [0.1, 0.15) is 85.5 Å². The van der Waals surface area contributed by atoms with E-state index in [1.807, 2.05) is 0 Å². The molecule has 170 valence electrons. The highest BCUT2D eigenvalue weighted by Crippen LogP contribution is 2.67. The van der Waals surface area contributed by atoms with E-state index in [9.17, 15) is 10.2 Å². The van der Waals surface area contributed by atoms with E-state index < -0.39 is 0 Å². The van der Waals surface area contributed by atoms with Crippen molar-refractivity contribution in [1.29, 1.82) is 0 Å². The molecule has 0 aromatic heterocycles. The largest absolute Gasteiger partial charge is 0.393 e. The van der Waals surface area contributed by atoms with Crippen LogP contribution in [0.3, 0.4) is 0 Å². The fourth-order valence-corrected chi connectivity index (χ4v) is 9.36. The highest BCUT2D eigenvalue weighted by Gasteiger charge is 2.62. The second kappa shape index (κ2) is 7.59. The van der Waals surface area contributed by atoms with Crippen LogP contribution >= 0.6 is 0 Å². The van der Waals surface area contributed by atoms with Gasteiger partial charge in [-0.15, -0.1) is 0 Å². The van der Waals surface area contributed by atoms with Crippen molar-refractivity contribution in [3.05, 3.63) is 11.6 Å². The van der Waals surface area contributed by atoms with E-state index in [-0.39, 0.29) is 17.6 Å². The van der Waals surface area contributed by atoms with Gasteiger partial charge in [0.05, 0.1) is 12.2 Å². The molecule has 0 spiro atoms. The molecule has 1 saturated heterocycles. The summed E-state index contributed by atoms with van der Waals surface area (Å²) in [7, 11) is 0. The Morgan fingerprint density at radius 2 is 1.87 bits per heavy atom. The first-order chi connectivity index (χ1) is 14.2. The summed E-state index contributed by atoms with van der Waals surface area (Å²) in [4.78, 5) is 0. The topological polar surface area (TPSA) is 52.5 Å². The van der Waals surface area contributed by atoms with E-state index in [4.69, 9.17) is 0 Å². The fourth-order valence-electron chi connectivity index (χ4n) is 9.36. The lowest BCUT2D eigenvalue weighted by atomic mass is 9.47. The molecule has 5 rings (SSSR count). The van der Waals surface area contributed by atoms with Gasteiger partial charge in [0.1, 0.15) is 0 Å². The van der Waals surface area contributed by atoms with Crippen molar-refractivity contribution in [2.45, 2.75) is 104 Å². The molecule has 0 amide bonds. The Morgan fingerprint density at radius 3 is 2.60 bits per heavy atom. The van der Waals surface area contributed by atoms with E-state index in [1.54, 1.807) is 5.57 Å². The maximum atomic E-state index is 11.4. The highest BCUT2D eigenvalue weighted by atomic mass is 16.3. The monoisotopic (exact) mass is 415 g/mol. The van der Waals surface area contributed by atoms with Gasteiger partial charge in [-0.1, -0.05) is 39.3 Å². The van der Waals surface area contributed by atoms with Crippen LogP contribution in [0.25, 0.3) is 0 Å². The first kappa shape index (κ1) is 21.5. The van der Waals surface area contributed by atoms with Crippen molar-refractivity contribution >= 4 is 0 Å². The Kier molecular flexibility index (Phi) is 5.43. The van der Waals surface area contributed by atoms with E-state index in [0.29, 0.717) is 29.2 Å². The lowest BCUT2D eigenvalue weighted by Gasteiger charge is -2.58. The molecule has 4 aliphatic carbocycles. The lowest BCUT2D eigenvalue weighted by Crippen LogP contribution is -2.53. The molecule has 0 aromatic carbocycles. The summed E-state index contributed by atoms with van der Waals surface area (Å²) in [6.07, 6.45) is 12.6. The SMILES string of the molecule is C[C@@H]1CC[C@H]([C@@H](C)[C@H]2[C@H](O)C[C@@H]3[C@@H]4CC=C5C[C@@H](O)CC[C@]5(C)[C@@H]4CC[C@]23C)NC1. The predicted molar refractivity (Wildman–Crippen MR) is 122 cm³/mol. The summed E-state index contributed by atoms with van der Waals surface area (Å²) < 4.78 is 0. The second-order valence-corrected chi connectivity index (χ2v) is 12.6. The van der Waals surface area contributed by atoms with Crippen LogP contribution in [0, 0.1) is 46.3 Å². The lowest BCUT2D eigenvalue weighted by molar-refractivity contribution is -0.0655. The molecule has 0 unspecified atom stereocenters. The smallest absolute Gasteiger partial charge is 0.0579 e. The van der Waals surface area contributed by atoms with Gasteiger partial charge in [-0.05, 0) is 111 Å². The summed E-state index contributed by atoms with van der Waals surface area (Å²) in [6, 6.07) is 0.573. The van der Waals surface area contributed by atoms with Crippen molar-refractivity contribution in [2.75, 3.05) is 6.54 Å². The third-order valence-corrected chi connectivity index (χ3v) is 11.1. The number of allylic oxidation sites excluding steroid dienone is 1. The zero-order chi connectivity index (χ0) is 21.3. The van der Waals surface area contributed by atoms with Gasteiger partial charge in [0.25, 0.3) is 0 Å². The van der Waals surface area contributed by atoms with Gasteiger partial charge in [0, 0.05) is 6.04 Å². The van der Waals surface area contributed by atoms with Crippen LogP contribution in [-0.4, -0.2) is 35.0 Å². The average molecular weight is 416 g/mol. The van der Waals surface area contributed by atoms with Crippen LogP contribution in [0.15, 0.2) is 11.6 Å². The standard InChI is InChI=1S/C27H45NO2/c1-16-5-8-23(28-15-16)17(2)25-24(30)14-22-20-7-6-18-13-19(29)9-11-26(18,3)21(20)10-12-27(22,25)4/h6,16-17,19-25,28-30H,5,7-15H2,1-4H3/t16-,17-,19+,20-,21-,22-,23-,24-,25+,26+,27+/m1/s1. The molecule has 3 saturated carbocycles. The minimum absolute atomic E-state index is 0.126. The number of fused-ring (bicyclic) bond motifs is 5. The maximum absolute atomic E-state index is 11.4. The van der Waals surface area contributed by atoms with Crippen LogP contribution < -0.4 is 5.32 Å². The van der Waals surface area contributed by atoms with Gasteiger partial charge in [-0.2, -0.15) is 0 Å². The first-order valence-corrected chi connectivity index (χ1v) is 13.0. The molecule has 30 heavy (non-hydrogen) atoms. The Hall–Kier alpha value is -0.380. The number of hydrogen-bond donors (Lipinski definition) is 3. The molecule has 3 N–H and O–H groups in total. The molecular weight excluding hydrogens is 370 g/mol. The Labute approximate surface area is 184 Å². The van der Waals surface area contributed by atoms with Crippen molar-refractivity contribution in [2.24, 2.45) is 46.3 Å². The quantitative estimate of drug-likeness (QED) is 0.561. The summed E-state index contributed by atoms with van der Waals surface area (Å²) in [5.74, 6) is 3.90. The second-order valence-electron chi connectivity index (χ2n) is 12.6. The van der Waals surface area contributed by atoms with Crippen LogP contribution in [-0.2, 0) is 0 Å². The number of aliphatic hydroxyl groups excluding tert-OH is 2. The van der Waals surface area contributed by atoms with Crippen molar-refractivity contribution in [1.82, 2.24) is 5.32 Å². The van der Waals surface area contributed by atoms with E-state index in [2.05, 4.69) is 39.1 Å². The zero-order valence-electron chi connectivity index (χ0n) is 19.7. The molecule has 0 radical (unpaired) electrons. The normalized spacial score (nSPS) is 54.5. The van der Waals surface area contributed by atoms with Gasteiger partial charge in [0.15, 0.2) is 0 Å². The van der Waals surface area contributed by atoms with Gasteiger partial charge >= 0.3 is 0 Å². The number of nitrogens with one attached hydrogen (secondary N) is 1. The zero-order valence-corrected chi connectivity index (χ0v) is 19.7. The van der Waals surface area contributed by atoms with Gasteiger partial charge in [0.2, 0.25) is 0 Å². The number of piperidine rings is 1. The molecule has 3 nitrogen and oxygen atoms in total. The van der Waals surface area contributed by atoms with E-state index in [1.165, 1.54) is 32.1 Å². The summed E-state index contributed by atoms with van der Waals surface area (Å²) >= 11 is 0. The minimum Gasteiger partial charge on any atom is -0.393 e. The van der Waals surface area contributed by atoms with Crippen LogP contribution in [0.5, 0.6) is 0 Å². The van der Waals surface area contributed by atoms with Gasteiger partial charge in [-0.25, -0.2) is 0 Å². The third kappa shape index (κ3) is 3.17. The third-order valence-electron chi connectivity index (χ3n) is 11.1.